The van der Waals surface area contributed by atoms with Crippen LogP contribution in [0.4, 0.5) is 0 Å². The number of likely N-dealkylation sites (tertiary alicyclic amines) is 1. The summed E-state index contributed by atoms with van der Waals surface area (Å²) in [6.45, 7) is 3.15. The molecule has 0 bridgehead atoms. The predicted molar refractivity (Wildman–Crippen MR) is 70.6 cm³/mol. The molecule has 4 nitrogen and oxygen atoms in total. The molecule has 0 aromatic heterocycles. The minimum Gasteiger partial charge on any atom is -0.370 e. The van der Waals surface area contributed by atoms with Gasteiger partial charge in [0, 0.05) is 19.6 Å². The highest BCUT2D eigenvalue weighted by atomic mass is 15.1. The number of guanidine groups is 1. The molecular weight excluding hydrogens is 212 g/mol. The number of hydrogen-bond acceptors (Lipinski definition) is 2. The lowest BCUT2D eigenvalue weighted by molar-refractivity contribution is 0.206. The van der Waals surface area contributed by atoms with Gasteiger partial charge in [-0.2, -0.15) is 0 Å². The second-order valence-electron chi connectivity index (χ2n) is 4.55. The summed E-state index contributed by atoms with van der Waals surface area (Å²) in [4.78, 5) is 6.68. The number of aliphatic imine (C=N–C) groups is 1. The Balaban J connectivity index is 1.82. The van der Waals surface area contributed by atoms with E-state index in [0.717, 1.165) is 32.5 Å². The van der Waals surface area contributed by atoms with Gasteiger partial charge >= 0.3 is 0 Å². The Morgan fingerprint density at radius 3 is 2.41 bits per heavy atom. The summed E-state index contributed by atoms with van der Waals surface area (Å²) in [5.74, 6) is 0.214. The van der Waals surface area contributed by atoms with Crippen LogP contribution in [0.15, 0.2) is 35.3 Å². The zero-order chi connectivity index (χ0) is 12.1. The highest BCUT2D eigenvalue weighted by Gasteiger charge is 2.18. The molecule has 1 aromatic rings. The van der Waals surface area contributed by atoms with E-state index >= 15 is 0 Å². The van der Waals surface area contributed by atoms with Crippen LogP contribution in [0.3, 0.4) is 0 Å². The first kappa shape index (κ1) is 11.9. The fourth-order valence-electron chi connectivity index (χ4n) is 2.26. The van der Waals surface area contributed by atoms with E-state index in [-0.39, 0.29) is 5.96 Å². The summed E-state index contributed by atoms with van der Waals surface area (Å²) in [6.07, 6.45) is 2.09. The molecule has 0 amide bonds. The largest absolute Gasteiger partial charge is 0.370 e. The first-order chi connectivity index (χ1) is 8.24. The molecule has 0 spiro atoms. The molecule has 0 saturated carbocycles. The van der Waals surface area contributed by atoms with Crippen LogP contribution in [0.5, 0.6) is 0 Å². The van der Waals surface area contributed by atoms with Crippen LogP contribution in [0.25, 0.3) is 0 Å². The van der Waals surface area contributed by atoms with E-state index < -0.39 is 0 Å². The second kappa shape index (κ2) is 5.68. The van der Waals surface area contributed by atoms with Crippen LogP contribution >= 0.6 is 0 Å². The Morgan fingerprint density at radius 2 is 1.82 bits per heavy atom. The quantitative estimate of drug-likeness (QED) is 0.601. The van der Waals surface area contributed by atoms with E-state index in [1.54, 1.807) is 0 Å². The number of piperidine rings is 1. The summed E-state index contributed by atoms with van der Waals surface area (Å²) in [7, 11) is 0. The van der Waals surface area contributed by atoms with Crippen LogP contribution < -0.4 is 11.5 Å². The van der Waals surface area contributed by atoms with E-state index in [1.165, 1.54) is 5.56 Å². The van der Waals surface area contributed by atoms with Gasteiger partial charge < -0.3 is 11.5 Å². The zero-order valence-corrected chi connectivity index (χ0v) is 10.0. The first-order valence-electron chi connectivity index (χ1n) is 6.09. The molecule has 1 aliphatic heterocycles. The molecule has 17 heavy (non-hydrogen) atoms. The van der Waals surface area contributed by atoms with Crippen molar-refractivity contribution in [1.29, 1.82) is 0 Å². The third kappa shape index (κ3) is 3.75. The zero-order valence-electron chi connectivity index (χ0n) is 10.0. The lowest BCUT2D eigenvalue weighted by Gasteiger charge is -2.30. The highest BCUT2D eigenvalue weighted by molar-refractivity contribution is 5.75. The van der Waals surface area contributed by atoms with E-state index in [4.69, 9.17) is 11.5 Å². The number of benzene rings is 1. The Morgan fingerprint density at radius 1 is 1.18 bits per heavy atom. The van der Waals surface area contributed by atoms with Gasteiger partial charge in [0.15, 0.2) is 5.96 Å². The number of rotatable bonds is 3. The van der Waals surface area contributed by atoms with E-state index in [0.29, 0.717) is 6.04 Å². The van der Waals surface area contributed by atoms with Gasteiger partial charge in [-0.25, -0.2) is 0 Å². The molecule has 1 aliphatic rings. The van der Waals surface area contributed by atoms with Crippen molar-refractivity contribution in [3.05, 3.63) is 35.9 Å². The Kier molecular flexibility index (Phi) is 3.98. The maximum atomic E-state index is 5.40. The molecule has 4 N–H and O–H groups in total. The van der Waals surface area contributed by atoms with E-state index in [9.17, 15) is 0 Å². The average Bonchev–Trinajstić information content (AvgIpc) is 2.32. The lowest BCUT2D eigenvalue weighted by atomic mass is 10.0. The molecule has 4 heteroatoms. The molecule has 1 saturated heterocycles. The van der Waals surface area contributed by atoms with Crippen LogP contribution in [0.1, 0.15) is 18.4 Å². The van der Waals surface area contributed by atoms with Crippen molar-refractivity contribution < 1.29 is 0 Å². The smallest absolute Gasteiger partial charge is 0.186 e. The molecular formula is C13H20N4. The number of nitrogens with zero attached hydrogens (tertiary/aromatic N) is 2. The van der Waals surface area contributed by atoms with Crippen molar-refractivity contribution in [3.8, 4) is 0 Å². The monoisotopic (exact) mass is 232 g/mol. The minimum atomic E-state index is 0.214. The third-order valence-corrected chi connectivity index (χ3v) is 3.14. The van der Waals surface area contributed by atoms with Gasteiger partial charge in [-0.15, -0.1) is 0 Å². The van der Waals surface area contributed by atoms with Crippen molar-refractivity contribution in [2.45, 2.75) is 25.4 Å². The highest BCUT2D eigenvalue weighted by Crippen LogP contribution is 2.15. The molecule has 2 rings (SSSR count). The van der Waals surface area contributed by atoms with Gasteiger partial charge in [-0.3, -0.25) is 9.89 Å². The summed E-state index contributed by atoms with van der Waals surface area (Å²) in [6, 6.07) is 10.9. The van der Waals surface area contributed by atoms with Gasteiger partial charge in [0.1, 0.15) is 0 Å². The van der Waals surface area contributed by atoms with Crippen molar-refractivity contribution in [2.75, 3.05) is 13.1 Å². The maximum absolute atomic E-state index is 5.40. The molecule has 1 aromatic carbocycles. The van der Waals surface area contributed by atoms with Gasteiger partial charge in [0.2, 0.25) is 0 Å². The van der Waals surface area contributed by atoms with Crippen LogP contribution in [-0.2, 0) is 6.54 Å². The molecule has 0 radical (unpaired) electrons. The van der Waals surface area contributed by atoms with Crippen molar-refractivity contribution in [1.82, 2.24) is 4.90 Å². The summed E-state index contributed by atoms with van der Waals surface area (Å²) < 4.78 is 0. The summed E-state index contributed by atoms with van der Waals surface area (Å²) in [5.41, 5.74) is 12.2. The maximum Gasteiger partial charge on any atom is 0.186 e. The molecule has 92 valence electrons. The fourth-order valence-corrected chi connectivity index (χ4v) is 2.26. The topological polar surface area (TPSA) is 67.6 Å². The fraction of sp³-hybridized carbons (Fsp3) is 0.462. The van der Waals surface area contributed by atoms with E-state index in [1.807, 2.05) is 0 Å². The van der Waals surface area contributed by atoms with Gasteiger partial charge in [0.25, 0.3) is 0 Å². The van der Waals surface area contributed by atoms with Crippen molar-refractivity contribution in [2.24, 2.45) is 16.5 Å². The number of nitrogens with two attached hydrogens (primary N) is 2. The van der Waals surface area contributed by atoms with Crippen LogP contribution in [0.2, 0.25) is 0 Å². The minimum absolute atomic E-state index is 0.214. The standard InChI is InChI=1S/C13H20N4/c14-13(15)16-12-6-8-17(9-7-12)10-11-4-2-1-3-5-11/h1-5,12H,6-10H2,(H4,14,15,16). The molecule has 1 heterocycles. The Labute approximate surface area is 102 Å². The number of hydrogen-bond donors (Lipinski definition) is 2. The molecule has 0 unspecified atom stereocenters. The van der Waals surface area contributed by atoms with Gasteiger partial charge in [0.05, 0.1) is 6.04 Å². The predicted octanol–water partition coefficient (Wildman–Crippen LogP) is 0.924. The van der Waals surface area contributed by atoms with Gasteiger partial charge in [-0.05, 0) is 18.4 Å². The van der Waals surface area contributed by atoms with Crippen molar-refractivity contribution in [3.63, 3.8) is 0 Å². The first-order valence-corrected chi connectivity index (χ1v) is 6.09. The summed E-state index contributed by atoms with van der Waals surface area (Å²) >= 11 is 0. The SMILES string of the molecule is NC(N)=NC1CCN(Cc2ccccc2)CC1. The van der Waals surface area contributed by atoms with Crippen LogP contribution in [-0.4, -0.2) is 30.0 Å². The lowest BCUT2D eigenvalue weighted by Crippen LogP contribution is -2.36. The van der Waals surface area contributed by atoms with E-state index in [2.05, 4.69) is 40.2 Å². The molecule has 0 aliphatic carbocycles. The summed E-state index contributed by atoms with van der Waals surface area (Å²) in [5, 5.41) is 0. The average molecular weight is 232 g/mol. The Bertz CT molecular complexity index is 362. The van der Waals surface area contributed by atoms with Crippen molar-refractivity contribution >= 4 is 5.96 Å². The third-order valence-electron chi connectivity index (χ3n) is 3.14. The molecule has 0 atom stereocenters. The molecule has 1 fully saturated rings. The van der Waals surface area contributed by atoms with Gasteiger partial charge in [-0.1, -0.05) is 30.3 Å². The van der Waals surface area contributed by atoms with Crippen LogP contribution in [0, 0.1) is 0 Å². The Hall–Kier alpha value is -1.55. The normalized spacial score (nSPS) is 17.9. The second-order valence-corrected chi connectivity index (χ2v) is 4.55.